The topological polar surface area (TPSA) is 132 Å². The first kappa shape index (κ1) is 23.4. The Bertz CT molecular complexity index is 968. The lowest BCUT2D eigenvalue weighted by molar-refractivity contribution is -0.202. The number of amides is 1. The number of fused-ring (bicyclic) bond motifs is 1. The smallest absolute Gasteiger partial charge is 0.491 e. The fourth-order valence-corrected chi connectivity index (χ4v) is 2.80. The van der Waals surface area contributed by atoms with E-state index in [1.54, 1.807) is 18.2 Å². The zero-order chi connectivity index (χ0) is 22.5. The first-order valence-corrected chi connectivity index (χ1v) is 9.05. The molecule has 0 saturated heterocycles. The number of ether oxygens (including phenoxy) is 1. The molecule has 8 nitrogen and oxygen atoms in total. The van der Waals surface area contributed by atoms with Crippen molar-refractivity contribution in [3.05, 3.63) is 35.1 Å². The van der Waals surface area contributed by atoms with Gasteiger partial charge in [-0.25, -0.2) is 14.6 Å². The van der Waals surface area contributed by atoms with Crippen molar-refractivity contribution in [1.29, 1.82) is 0 Å². The van der Waals surface area contributed by atoms with Crippen molar-refractivity contribution < 1.29 is 37.4 Å². The van der Waals surface area contributed by atoms with Gasteiger partial charge in [-0.15, -0.1) is 0 Å². The summed E-state index contributed by atoms with van der Waals surface area (Å²) in [5, 5.41) is 12.9. The van der Waals surface area contributed by atoms with Crippen LogP contribution in [0.4, 0.5) is 13.2 Å². The Morgan fingerprint density at radius 1 is 1.20 bits per heavy atom. The molecule has 2 rings (SSSR count). The zero-order valence-corrected chi connectivity index (χ0v) is 16.1. The Kier molecular flexibility index (Phi) is 7.57. The van der Waals surface area contributed by atoms with Gasteiger partial charge in [-0.1, -0.05) is 35.9 Å². The molecule has 1 amide bonds. The second-order valence-corrected chi connectivity index (χ2v) is 6.52. The third-order valence-electron chi connectivity index (χ3n) is 4.02. The molecule has 0 aliphatic heterocycles. The molecule has 12 heteroatoms. The summed E-state index contributed by atoms with van der Waals surface area (Å²) < 4.78 is 40.9. The number of halogens is 4. The summed E-state index contributed by atoms with van der Waals surface area (Å²) in [6.07, 6.45) is -4.89. The van der Waals surface area contributed by atoms with E-state index in [2.05, 4.69) is 15.0 Å². The summed E-state index contributed by atoms with van der Waals surface area (Å²) in [6.45, 7) is 0.236. The number of rotatable bonds is 7. The maximum absolute atomic E-state index is 12.6. The van der Waals surface area contributed by atoms with Crippen LogP contribution >= 0.6 is 11.6 Å². The van der Waals surface area contributed by atoms with E-state index in [9.17, 15) is 32.7 Å². The van der Waals surface area contributed by atoms with Gasteiger partial charge in [0.25, 0.3) is 5.91 Å². The molecular weight excluding hydrogens is 431 g/mol. The van der Waals surface area contributed by atoms with E-state index >= 15 is 0 Å². The quantitative estimate of drug-likeness (QED) is 0.257. The Morgan fingerprint density at radius 2 is 1.83 bits per heavy atom. The minimum Gasteiger partial charge on any atom is -0.505 e. The number of carbonyl (C=O) groups is 3. The van der Waals surface area contributed by atoms with Crippen molar-refractivity contribution in [2.75, 3.05) is 6.54 Å². The Hall–Kier alpha value is -2.92. The predicted molar refractivity (Wildman–Crippen MR) is 99.7 cm³/mol. The molecule has 162 valence electrons. The third-order valence-corrected chi connectivity index (χ3v) is 4.30. The highest BCUT2D eigenvalue weighted by Crippen LogP contribution is 2.31. The van der Waals surface area contributed by atoms with Gasteiger partial charge in [0.15, 0.2) is 11.4 Å². The Labute approximate surface area is 173 Å². The highest BCUT2D eigenvalue weighted by molar-refractivity contribution is 6.34. The van der Waals surface area contributed by atoms with Crippen LogP contribution in [0.15, 0.2) is 24.3 Å². The number of benzene rings is 1. The van der Waals surface area contributed by atoms with Crippen molar-refractivity contribution in [2.24, 2.45) is 5.73 Å². The number of pyridine rings is 1. The number of hydrogen-bond acceptors (Lipinski definition) is 7. The molecule has 30 heavy (non-hydrogen) atoms. The predicted octanol–water partition coefficient (Wildman–Crippen LogP) is 2.45. The van der Waals surface area contributed by atoms with Crippen molar-refractivity contribution in [3.63, 3.8) is 0 Å². The fraction of sp³-hybridized carbons (Fsp3) is 0.333. The average Bonchev–Trinajstić information content (AvgIpc) is 2.69. The number of nitrogens with one attached hydrogen (secondary N) is 1. The fourth-order valence-electron chi connectivity index (χ4n) is 2.56. The molecule has 0 radical (unpaired) electrons. The lowest BCUT2D eigenvalue weighted by Gasteiger charge is -2.18. The van der Waals surface area contributed by atoms with Crippen molar-refractivity contribution in [3.8, 4) is 5.75 Å². The lowest BCUT2D eigenvalue weighted by atomic mass is 10.1. The molecule has 1 heterocycles. The van der Waals surface area contributed by atoms with E-state index in [-0.39, 0.29) is 29.9 Å². The molecule has 0 fully saturated rings. The molecule has 1 aromatic heterocycles. The number of nitrogens with zero attached hydrogens (tertiary/aromatic N) is 1. The molecule has 0 saturated carbocycles. The van der Waals surface area contributed by atoms with Gasteiger partial charge in [0.2, 0.25) is 0 Å². The number of nitrogens with two attached hydrogens (primary N) is 1. The van der Waals surface area contributed by atoms with Crippen LogP contribution in [0.5, 0.6) is 5.75 Å². The largest absolute Gasteiger partial charge is 0.505 e. The molecule has 0 aliphatic rings. The van der Waals surface area contributed by atoms with Crippen LogP contribution in [-0.2, 0) is 14.3 Å². The van der Waals surface area contributed by atoms with E-state index in [1.165, 1.54) is 6.07 Å². The van der Waals surface area contributed by atoms with Crippen LogP contribution in [0.3, 0.4) is 0 Å². The normalized spacial score (nSPS) is 12.4. The van der Waals surface area contributed by atoms with Crippen molar-refractivity contribution in [2.45, 2.75) is 31.5 Å². The van der Waals surface area contributed by atoms with Crippen LogP contribution < -0.4 is 11.1 Å². The summed E-state index contributed by atoms with van der Waals surface area (Å²) in [7, 11) is 0. The molecule has 1 unspecified atom stereocenters. The Morgan fingerprint density at radius 3 is 2.43 bits per heavy atom. The van der Waals surface area contributed by atoms with Gasteiger partial charge in [-0.3, -0.25) is 4.79 Å². The number of alkyl halides is 3. The van der Waals surface area contributed by atoms with Gasteiger partial charge in [0, 0.05) is 10.8 Å². The van der Waals surface area contributed by atoms with Gasteiger partial charge in [-0.2, -0.15) is 13.2 Å². The van der Waals surface area contributed by atoms with Crippen LogP contribution in [0.1, 0.15) is 29.8 Å². The van der Waals surface area contributed by atoms with E-state index in [0.29, 0.717) is 11.8 Å². The summed E-state index contributed by atoms with van der Waals surface area (Å²) in [6, 6.07) is 4.64. The second kappa shape index (κ2) is 9.72. The number of hydrogen-bond donors (Lipinski definition) is 3. The monoisotopic (exact) mass is 447 g/mol. The number of unbranched alkanes of at least 4 members (excludes halogenated alkanes) is 1. The van der Waals surface area contributed by atoms with E-state index in [1.807, 2.05) is 0 Å². The molecule has 1 aromatic carbocycles. The van der Waals surface area contributed by atoms with E-state index in [0.717, 1.165) is 0 Å². The highest BCUT2D eigenvalue weighted by Gasteiger charge is 2.43. The number of aromatic nitrogens is 1. The van der Waals surface area contributed by atoms with E-state index < -0.39 is 41.5 Å². The first-order chi connectivity index (χ1) is 14.1. The molecule has 1 atom stereocenters. The number of aromatic hydroxyl groups is 1. The highest BCUT2D eigenvalue weighted by atomic mass is 35.5. The van der Waals surface area contributed by atoms with Gasteiger partial charge in [0.05, 0.1) is 0 Å². The van der Waals surface area contributed by atoms with Gasteiger partial charge in [-0.05, 0) is 25.8 Å². The van der Waals surface area contributed by atoms with Crippen LogP contribution in [0.25, 0.3) is 10.8 Å². The molecule has 0 bridgehead atoms. The molecule has 0 spiro atoms. The van der Waals surface area contributed by atoms with Crippen LogP contribution in [0, 0.1) is 0 Å². The second-order valence-electron chi connectivity index (χ2n) is 6.16. The zero-order valence-electron chi connectivity index (χ0n) is 15.3. The number of esters is 2. The third kappa shape index (κ3) is 5.57. The molecule has 2 aromatic rings. The molecule has 4 N–H and O–H groups in total. The van der Waals surface area contributed by atoms with Gasteiger partial charge < -0.3 is 20.9 Å². The average molecular weight is 448 g/mol. The summed E-state index contributed by atoms with van der Waals surface area (Å²) >= 11 is 6.02. The van der Waals surface area contributed by atoms with Crippen LogP contribution in [0.2, 0.25) is 5.15 Å². The van der Waals surface area contributed by atoms with Crippen molar-refractivity contribution in [1.82, 2.24) is 10.3 Å². The molecule has 0 aliphatic carbocycles. The molecular formula is C18H17ClF3N3O5. The number of carbonyl (C=O) groups excluding carboxylic acids is 3. The van der Waals surface area contributed by atoms with E-state index in [4.69, 9.17) is 17.3 Å². The first-order valence-electron chi connectivity index (χ1n) is 8.67. The van der Waals surface area contributed by atoms with Crippen LogP contribution in [-0.4, -0.2) is 46.7 Å². The minimum absolute atomic E-state index is 0.108. The lowest BCUT2D eigenvalue weighted by Crippen LogP contribution is -2.44. The standard InChI is InChI=1S/C18H17ClF3N3O5/c19-14-10-6-2-1-5-9(10)13(26)12(25-14)15(27)24-11(7-3-4-8-23)16(28)30-17(29)18(20,21)22/h1-2,5-6,11,26H,3-4,7-8,23H2,(H,24,27). The summed E-state index contributed by atoms with van der Waals surface area (Å²) in [4.78, 5) is 39.3. The Balaban J connectivity index is 2.27. The van der Waals surface area contributed by atoms with Gasteiger partial charge in [0.1, 0.15) is 11.2 Å². The van der Waals surface area contributed by atoms with Crippen molar-refractivity contribution >= 4 is 40.2 Å². The summed E-state index contributed by atoms with van der Waals surface area (Å²) in [5.74, 6) is -5.93. The SMILES string of the molecule is NCCCCC(NC(=O)c1nc(Cl)c2ccccc2c1O)C(=O)OC(=O)C(F)(F)F. The van der Waals surface area contributed by atoms with Gasteiger partial charge >= 0.3 is 18.1 Å². The summed E-state index contributed by atoms with van der Waals surface area (Å²) in [5.41, 5.74) is 4.80. The minimum atomic E-state index is -5.38. The maximum Gasteiger partial charge on any atom is 0.491 e. The maximum atomic E-state index is 12.6.